The summed E-state index contributed by atoms with van der Waals surface area (Å²) in [4.78, 5) is 26.5. The molecule has 1 aromatic heterocycles. The lowest BCUT2D eigenvalue weighted by atomic mass is 10.1. The summed E-state index contributed by atoms with van der Waals surface area (Å²) in [5, 5.41) is 17.4. The maximum absolute atomic E-state index is 11.7. The molecule has 1 amide bonds. The Morgan fingerprint density at radius 1 is 1.28 bits per heavy atom. The van der Waals surface area contributed by atoms with Gasteiger partial charge in [0.25, 0.3) is 5.91 Å². The van der Waals surface area contributed by atoms with Crippen LogP contribution in [0.15, 0.2) is 36.7 Å². The zero-order valence-corrected chi connectivity index (χ0v) is 9.20. The molecule has 92 valence electrons. The zero-order chi connectivity index (χ0) is 13.0. The fraction of sp³-hybridized carbons (Fsp3) is 0.0909. The minimum atomic E-state index is -1.14. The highest BCUT2D eigenvalue weighted by Crippen LogP contribution is 2.12. The average molecular weight is 246 g/mol. The van der Waals surface area contributed by atoms with Gasteiger partial charge in [-0.1, -0.05) is 30.3 Å². The van der Waals surface area contributed by atoms with E-state index < -0.39 is 17.9 Å². The van der Waals surface area contributed by atoms with E-state index >= 15 is 0 Å². The Hall–Kier alpha value is -2.70. The second kappa shape index (κ2) is 5.09. The molecule has 2 aromatic rings. The van der Waals surface area contributed by atoms with Crippen molar-refractivity contribution in [3.63, 3.8) is 0 Å². The van der Waals surface area contributed by atoms with Crippen LogP contribution in [0.25, 0.3) is 0 Å². The summed E-state index contributed by atoms with van der Waals surface area (Å²) in [5.41, 5.74) is 0.484. The van der Waals surface area contributed by atoms with E-state index in [9.17, 15) is 9.59 Å². The molecular weight excluding hydrogens is 236 g/mol. The van der Waals surface area contributed by atoms with Crippen LogP contribution in [0.4, 0.5) is 0 Å². The van der Waals surface area contributed by atoms with Crippen LogP contribution in [-0.4, -0.2) is 32.2 Å². The first kappa shape index (κ1) is 11.8. The molecular formula is C11H10N4O3. The first-order valence-corrected chi connectivity index (χ1v) is 5.12. The summed E-state index contributed by atoms with van der Waals surface area (Å²) in [7, 11) is 0. The van der Waals surface area contributed by atoms with Gasteiger partial charge in [-0.15, -0.1) is 0 Å². The molecule has 0 aliphatic carbocycles. The number of carbonyl (C=O) groups excluding carboxylic acids is 1. The molecule has 0 radical (unpaired) electrons. The number of hydrogen-bond donors (Lipinski definition) is 3. The third-order valence-corrected chi connectivity index (χ3v) is 2.29. The Kier molecular flexibility index (Phi) is 3.33. The quantitative estimate of drug-likeness (QED) is 0.721. The van der Waals surface area contributed by atoms with Crippen LogP contribution >= 0.6 is 0 Å². The lowest BCUT2D eigenvalue weighted by molar-refractivity contribution is -0.139. The third-order valence-electron chi connectivity index (χ3n) is 2.29. The second-order valence-corrected chi connectivity index (χ2v) is 3.49. The van der Waals surface area contributed by atoms with Crippen LogP contribution in [0, 0.1) is 0 Å². The number of benzene rings is 1. The lowest BCUT2D eigenvalue weighted by Crippen LogP contribution is -2.34. The summed E-state index contributed by atoms with van der Waals surface area (Å²) < 4.78 is 0. The van der Waals surface area contributed by atoms with E-state index in [0.29, 0.717) is 5.56 Å². The van der Waals surface area contributed by atoms with Gasteiger partial charge in [0.2, 0.25) is 5.82 Å². The molecule has 3 N–H and O–H groups in total. The van der Waals surface area contributed by atoms with Gasteiger partial charge in [0.1, 0.15) is 6.33 Å². The highest BCUT2D eigenvalue weighted by molar-refractivity contribution is 5.93. The molecule has 2 rings (SSSR count). The monoisotopic (exact) mass is 246 g/mol. The molecule has 7 heteroatoms. The topological polar surface area (TPSA) is 108 Å². The number of carbonyl (C=O) groups is 2. The number of nitrogens with one attached hydrogen (secondary N) is 2. The number of rotatable bonds is 4. The van der Waals surface area contributed by atoms with Crippen LogP contribution in [0.1, 0.15) is 22.2 Å². The van der Waals surface area contributed by atoms with Gasteiger partial charge < -0.3 is 10.4 Å². The molecule has 0 bridgehead atoms. The SMILES string of the molecule is O=C(N[C@@H](C(=O)O)c1ccccc1)c1ncn[nH]1. The van der Waals surface area contributed by atoms with Crippen molar-refractivity contribution in [3.05, 3.63) is 48.0 Å². The maximum Gasteiger partial charge on any atom is 0.330 e. The Balaban J connectivity index is 2.18. The van der Waals surface area contributed by atoms with Crippen LogP contribution < -0.4 is 5.32 Å². The number of carboxylic acids is 1. The molecule has 18 heavy (non-hydrogen) atoms. The lowest BCUT2D eigenvalue weighted by Gasteiger charge is -2.13. The summed E-state index contributed by atoms with van der Waals surface area (Å²) >= 11 is 0. The first-order valence-electron chi connectivity index (χ1n) is 5.12. The summed E-state index contributed by atoms with van der Waals surface area (Å²) in [6.07, 6.45) is 1.17. The van der Waals surface area contributed by atoms with Crippen molar-refractivity contribution in [1.29, 1.82) is 0 Å². The van der Waals surface area contributed by atoms with Crippen molar-refractivity contribution in [2.75, 3.05) is 0 Å². The van der Waals surface area contributed by atoms with Crippen LogP contribution in [0.2, 0.25) is 0 Å². The number of aromatic amines is 1. The Morgan fingerprint density at radius 2 is 2.00 bits per heavy atom. The standard InChI is InChI=1S/C11H10N4O3/c16-10(9-12-6-13-15-9)14-8(11(17)18)7-4-2-1-3-5-7/h1-6,8H,(H,14,16)(H,17,18)(H,12,13,15)/t8-/m1/s1. The van der Waals surface area contributed by atoms with Crippen LogP contribution in [-0.2, 0) is 4.79 Å². The molecule has 1 aromatic carbocycles. The maximum atomic E-state index is 11.7. The first-order chi connectivity index (χ1) is 8.68. The largest absolute Gasteiger partial charge is 0.479 e. The number of aliphatic carboxylic acids is 1. The predicted molar refractivity (Wildman–Crippen MR) is 60.7 cm³/mol. The smallest absolute Gasteiger partial charge is 0.330 e. The number of amides is 1. The van der Waals surface area contributed by atoms with Gasteiger partial charge in [-0.3, -0.25) is 9.89 Å². The van der Waals surface area contributed by atoms with Gasteiger partial charge >= 0.3 is 5.97 Å². The molecule has 0 fully saturated rings. The minimum Gasteiger partial charge on any atom is -0.479 e. The van der Waals surface area contributed by atoms with Crippen LogP contribution in [0.3, 0.4) is 0 Å². The molecule has 0 saturated heterocycles. The van der Waals surface area contributed by atoms with Crippen molar-refractivity contribution < 1.29 is 14.7 Å². The predicted octanol–water partition coefficient (Wildman–Crippen LogP) is 0.360. The molecule has 0 aliphatic heterocycles. The van der Waals surface area contributed by atoms with E-state index in [1.54, 1.807) is 30.3 Å². The van der Waals surface area contributed by atoms with Gasteiger partial charge in [-0.05, 0) is 5.56 Å². The van der Waals surface area contributed by atoms with Crippen molar-refractivity contribution >= 4 is 11.9 Å². The van der Waals surface area contributed by atoms with E-state index in [2.05, 4.69) is 20.5 Å². The second-order valence-electron chi connectivity index (χ2n) is 3.49. The molecule has 1 heterocycles. The van der Waals surface area contributed by atoms with Gasteiger partial charge in [0.05, 0.1) is 0 Å². The Morgan fingerprint density at radius 3 is 2.56 bits per heavy atom. The van der Waals surface area contributed by atoms with Crippen molar-refractivity contribution in [1.82, 2.24) is 20.5 Å². The van der Waals surface area contributed by atoms with E-state index in [1.807, 2.05) is 0 Å². The van der Waals surface area contributed by atoms with Gasteiger partial charge in [-0.25, -0.2) is 9.78 Å². The number of nitrogens with zero attached hydrogens (tertiary/aromatic N) is 2. The highest BCUT2D eigenvalue weighted by atomic mass is 16.4. The zero-order valence-electron chi connectivity index (χ0n) is 9.20. The molecule has 0 spiro atoms. The van der Waals surface area contributed by atoms with E-state index in [4.69, 9.17) is 5.11 Å². The number of carboxylic acid groups (broad SMARTS) is 1. The summed E-state index contributed by atoms with van der Waals surface area (Å²) in [6, 6.07) is 7.29. The van der Waals surface area contributed by atoms with Gasteiger partial charge in [-0.2, -0.15) is 5.10 Å². The molecule has 1 atom stereocenters. The van der Waals surface area contributed by atoms with Gasteiger partial charge in [0.15, 0.2) is 6.04 Å². The highest BCUT2D eigenvalue weighted by Gasteiger charge is 2.23. The van der Waals surface area contributed by atoms with E-state index in [0.717, 1.165) is 0 Å². The van der Waals surface area contributed by atoms with Crippen LogP contribution in [0.5, 0.6) is 0 Å². The van der Waals surface area contributed by atoms with E-state index in [1.165, 1.54) is 6.33 Å². The molecule has 7 nitrogen and oxygen atoms in total. The fourth-order valence-corrected chi connectivity index (χ4v) is 1.45. The number of hydrogen-bond acceptors (Lipinski definition) is 4. The molecule has 0 aliphatic rings. The molecule has 0 saturated carbocycles. The normalized spacial score (nSPS) is 11.8. The molecule has 0 unspecified atom stereocenters. The number of aromatic nitrogens is 3. The van der Waals surface area contributed by atoms with Gasteiger partial charge in [0, 0.05) is 0 Å². The average Bonchev–Trinajstić information content (AvgIpc) is 2.90. The third kappa shape index (κ3) is 2.51. The van der Waals surface area contributed by atoms with Crippen molar-refractivity contribution in [3.8, 4) is 0 Å². The van der Waals surface area contributed by atoms with Crippen molar-refractivity contribution in [2.24, 2.45) is 0 Å². The Bertz CT molecular complexity index is 539. The minimum absolute atomic E-state index is 0.0304. The van der Waals surface area contributed by atoms with E-state index in [-0.39, 0.29) is 5.82 Å². The summed E-state index contributed by atoms with van der Waals surface area (Å²) in [6.45, 7) is 0. The number of H-pyrrole nitrogens is 1. The Labute approximate surface area is 102 Å². The van der Waals surface area contributed by atoms with Crippen molar-refractivity contribution in [2.45, 2.75) is 6.04 Å². The summed E-state index contributed by atoms with van der Waals surface area (Å²) in [5.74, 6) is -1.80. The fourth-order valence-electron chi connectivity index (χ4n) is 1.45.